The Morgan fingerprint density at radius 3 is 2.39 bits per heavy atom. The Morgan fingerprint density at radius 2 is 1.82 bits per heavy atom. The van der Waals surface area contributed by atoms with Gasteiger partial charge in [-0.05, 0) is 86.6 Å². The van der Waals surface area contributed by atoms with Crippen molar-refractivity contribution in [2.75, 3.05) is 25.0 Å². The molecule has 1 atom stereocenters. The molecule has 6 nitrogen and oxygen atoms in total. The molecule has 1 aliphatic heterocycles. The molecule has 0 unspecified atom stereocenters. The molecule has 2 aromatic carbocycles. The number of rotatable bonds is 8. The van der Waals surface area contributed by atoms with Gasteiger partial charge >= 0.3 is 0 Å². The van der Waals surface area contributed by atoms with E-state index in [9.17, 15) is 13.2 Å². The molecule has 1 aliphatic rings. The number of carbonyl (C=O) groups is 1. The largest absolute Gasteiger partial charge is 0.494 e. The average Bonchev–Trinajstić information content (AvgIpc) is 2.81. The number of amides is 1. The number of nitrogens with one attached hydrogen (secondary N) is 1. The number of hydrogen-bond donors (Lipinski definition) is 1. The summed E-state index contributed by atoms with van der Waals surface area (Å²) in [6.45, 7) is 8.97. The number of ether oxygens (including phenoxy) is 1. The summed E-state index contributed by atoms with van der Waals surface area (Å²) in [7, 11) is -3.70. The molecule has 0 aromatic heterocycles. The Kier molecular flexibility index (Phi) is 8.59. The molecule has 2 aromatic rings. The minimum Gasteiger partial charge on any atom is -0.494 e. The van der Waals surface area contributed by atoms with Gasteiger partial charge in [0, 0.05) is 23.2 Å². The molecule has 0 spiro atoms. The standard InChI is InChI=1S/C25H33BrN2O4S/c1-5-18-14-21(26)15-19(6-2)24(18)27-25(29)20-9-8-12-28(16-20)33(30,31)22-10-11-23(32-7-3)17(4)13-22/h10-11,13-15,20H,5-9,12,16H2,1-4H3,(H,27,29)/t20-/m1/s1. The number of carbonyl (C=O) groups excluding carboxylic acids is 1. The molecule has 0 aliphatic carbocycles. The number of anilines is 1. The molecule has 1 saturated heterocycles. The van der Waals surface area contributed by atoms with Crippen LogP contribution >= 0.6 is 15.9 Å². The van der Waals surface area contributed by atoms with Gasteiger partial charge in [-0.15, -0.1) is 0 Å². The van der Waals surface area contributed by atoms with Crippen LogP contribution in [0.5, 0.6) is 5.75 Å². The van der Waals surface area contributed by atoms with Crippen molar-refractivity contribution in [2.24, 2.45) is 5.92 Å². The summed E-state index contributed by atoms with van der Waals surface area (Å²) in [6, 6.07) is 8.99. The molecule has 1 amide bonds. The third-order valence-electron chi connectivity index (χ3n) is 6.12. The Balaban J connectivity index is 1.79. The van der Waals surface area contributed by atoms with Gasteiger partial charge in [-0.1, -0.05) is 29.8 Å². The number of halogens is 1. The van der Waals surface area contributed by atoms with Crippen LogP contribution in [0.25, 0.3) is 0 Å². The van der Waals surface area contributed by atoms with E-state index in [0.717, 1.165) is 39.7 Å². The summed E-state index contributed by atoms with van der Waals surface area (Å²) in [5.74, 6) is 0.167. The van der Waals surface area contributed by atoms with Crippen LogP contribution in [0.4, 0.5) is 5.69 Å². The van der Waals surface area contributed by atoms with Gasteiger partial charge in [0.05, 0.1) is 17.4 Å². The number of nitrogens with zero attached hydrogens (tertiary/aromatic N) is 1. The zero-order valence-corrected chi connectivity index (χ0v) is 22.2. The molecule has 0 radical (unpaired) electrons. The Labute approximate surface area is 205 Å². The molecule has 8 heteroatoms. The van der Waals surface area contributed by atoms with E-state index in [1.807, 2.05) is 26.0 Å². The van der Waals surface area contributed by atoms with Crippen molar-refractivity contribution >= 4 is 37.5 Å². The fourth-order valence-corrected chi connectivity index (χ4v) is 6.45. The summed E-state index contributed by atoms with van der Waals surface area (Å²) in [4.78, 5) is 13.4. The molecule has 3 rings (SSSR count). The van der Waals surface area contributed by atoms with E-state index >= 15 is 0 Å². The second-order valence-corrected chi connectivity index (χ2v) is 11.2. The first-order valence-electron chi connectivity index (χ1n) is 11.6. The quantitative estimate of drug-likeness (QED) is 0.495. The lowest BCUT2D eigenvalue weighted by Gasteiger charge is -2.31. The maximum atomic E-state index is 13.3. The fraction of sp³-hybridized carbons (Fsp3) is 0.480. The van der Waals surface area contributed by atoms with E-state index in [4.69, 9.17) is 4.74 Å². The Bertz CT molecular complexity index is 1090. The van der Waals surface area contributed by atoms with E-state index in [1.54, 1.807) is 18.2 Å². The second-order valence-electron chi connectivity index (χ2n) is 8.36. The number of benzene rings is 2. The highest BCUT2D eigenvalue weighted by Crippen LogP contribution is 2.31. The lowest BCUT2D eigenvalue weighted by molar-refractivity contribution is -0.120. The Morgan fingerprint density at radius 1 is 1.15 bits per heavy atom. The van der Waals surface area contributed by atoms with Gasteiger partial charge in [0.2, 0.25) is 15.9 Å². The lowest BCUT2D eigenvalue weighted by atomic mass is 9.97. The molecule has 180 valence electrons. The normalized spacial score (nSPS) is 17.1. The van der Waals surface area contributed by atoms with Gasteiger partial charge in [0.25, 0.3) is 0 Å². The number of sulfonamides is 1. The predicted molar refractivity (Wildman–Crippen MR) is 135 cm³/mol. The van der Waals surface area contributed by atoms with Gasteiger partial charge in [0.1, 0.15) is 5.75 Å². The van der Waals surface area contributed by atoms with Crippen LogP contribution in [0.2, 0.25) is 0 Å². The fourth-order valence-electron chi connectivity index (χ4n) is 4.29. The number of hydrogen-bond acceptors (Lipinski definition) is 4. The van der Waals surface area contributed by atoms with Crippen LogP contribution in [0.1, 0.15) is 50.3 Å². The minimum absolute atomic E-state index is 0.121. The summed E-state index contributed by atoms with van der Waals surface area (Å²) in [5, 5.41) is 3.12. The maximum Gasteiger partial charge on any atom is 0.243 e. The first kappa shape index (κ1) is 25.7. The van der Waals surface area contributed by atoms with Crippen molar-refractivity contribution in [1.82, 2.24) is 4.31 Å². The van der Waals surface area contributed by atoms with Gasteiger partial charge in [0.15, 0.2) is 0 Å². The van der Waals surface area contributed by atoms with E-state index in [0.29, 0.717) is 31.7 Å². The molecule has 33 heavy (non-hydrogen) atoms. The third kappa shape index (κ3) is 5.78. The highest BCUT2D eigenvalue weighted by molar-refractivity contribution is 9.10. The number of piperidine rings is 1. The van der Waals surface area contributed by atoms with E-state index in [2.05, 4.69) is 35.1 Å². The predicted octanol–water partition coefficient (Wildman–Crippen LogP) is 5.32. The summed E-state index contributed by atoms with van der Waals surface area (Å²) >= 11 is 3.55. The van der Waals surface area contributed by atoms with Crippen molar-refractivity contribution < 1.29 is 17.9 Å². The highest BCUT2D eigenvalue weighted by Gasteiger charge is 2.34. The van der Waals surface area contributed by atoms with Crippen LogP contribution in [-0.2, 0) is 27.7 Å². The smallest absolute Gasteiger partial charge is 0.243 e. The van der Waals surface area contributed by atoms with Gasteiger partial charge in [-0.25, -0.2) is 8.42 Å². The summed E-state index contributed by atoms with van der Waals surface area (Å²) in [6.07, 6.45) is 2.91. The van der Waals surface area contributed by atoms with Crippen LogP contribution in [-0.4, -0.2) is 38.3 Å². The topological polar surface area (TPSA) is 75.7 Å². The molecular formula is C25H33BrN2O4S. The molecule has 1 heterocycles. The third-order valence-corrected chi connectivity index (χ3v) is 8.43. The zero-order valence-electron chi connectivity index (χ0n) is 19.8. The van der Waals surface area contributed by atoms with Crippen LogP contribution in [0.3, 0.4) is 0 Å². The number of aryl methyl sites for hydroxylation is 3. The van der Waals surface area contributed by atoms with Crippen molar-refractivity contribution in [3.05, 3.63) is 51.5 Å². The highest BCUT2D eigenvalue weighted by atomic mass is 79.9. The van der Waals surface area contributed by atoms with Gasteiger partial charge < -0.3 is 10.1 Å². The Hall–Kier alpha value is -1.90. The monoisotopic (exact) mass is 536 g/mol. The SMILES string of the molecule is CCOc1ccc(S(=O)(=O)N2CCC[C@@H](C(=O)Nc3c(CC)cc(Br)cc3CC)C2)cc1C. The molecule has 0 bridgehead atoms. The van der Waals surface area contributed by atoms with Crippen LogP contribution in [0, 0.1) is 12.8 Å². The zero-order chi connectivity index (χ0) is 24.2. The molecule has 1 N–H and O–H groups in total. The summed E-state index contributed by atoms with van der Waals surface area (Å²) in [5.41, 5.74) is 3.77. The maximum absolute atomic E-state index is 13.3. The first-order valence-corrected chi connectivity index (χ1v) is 13.8. The first-order chi connectivity index (χ1) is 15.7. The van der Waals surface area contributed by atoms with Gasteiger partial charge in [-0.3, -0.25) is 4.79 Å². The van der Waals surface area contributed by atoms with E-state index in [1.165, 1.54) is 4.31 Å². The van der Waals surface area contributed by atoms with Crippen molar-refractivity contribution in [1.29, 1.82) is 0 Å². The van der Waals surface area contributed by atoms with Crippen molar-refractivity contribution in [3.8, 4) is 5.75 Å². The van der Waals surface area contributed by atoms with Crippen molar-refractivity contribution in [3.63, 3.8) is 0 Å². The average molecular weight is 538 g/mol. The second kappa shape index (κ2) is 11.0. The van der Waals surface area contributed by atoms with Crippen LogP contribution < -0.4 is 10.1 Å². The van der Waals surface area contributed by atoms with Gasteiger partial charge in [-0.2, -0.15) is 4.31 Å². The summed E-state index contributed by atoms with van der Waals surface area (Å²) < 4.78 is 34.6. The molecule has 0 saturated carbocycles. The minimum atomic E-state index is -3.70. The van der Waals surface area contributed by atoms with Crippen LogP contribution in [0.15, 0.2) is 39.7 Å². The van der Waals surface area contributed by atoms with Crippen molar-refractivity contribution in [2.45, 2.75) is 58.3 Å². The molecular weight excluding hydrogens is 504 g/mol. The van der Waals surface area contributed by atoms with E-state index in [-0.39, 0.29) is 17.3 Å². The van der Waals surface area contributed by atoms with E-state index < -0.39 is 15.9 Å². The molecule has 1 fully saturated rings. The lowest BCUT2D eigenvalue weighted by Crippen LogP contribution is -2.43.